The summed E-state index contributed by atoms with van der Waals surface area (Å²) in [6, 6.07) is 7.41. The van der Waals surface area contributed by atoms with Gasteiger partial charge in [0.25, 0.3) is 5.91 Å². The second-order valence-corrected chi connectivity index (χ2v) is 4.08. The van der Waals surface area contributed by atoms with Crippen LogP contribution in [0.5, 0.6) is 5.75 Å². The van der Waals surface area contributed by atoms with Gasteiger partial charge in [-0.2, -0.15) is 0 Å². The van der Waals surface area contributed by atoms with Crippen molar-refractivity contribution in [3.05, 3.63) is 29.8 Å². The highest BCUT2D eigenvalue weighted by molar-refractivity contribution is 5.86. The van der Waals surface area contributed by atoms with E-state index in [0.29, 0.717) is 19.4 Å². The molecule has 0 saturated carbocycles. The van der Waals surface area contributed by atoms with Crippen molar-refractivity contribution in [2.45, 2.75) is 25.5 Å². The quantitative estimate of drug-likeness (QED) is 0.809. The third-order valence-corrected chi connectivity index (χ3v) is 2.80. The maximum atomic E-state index is 11.7. The first kappa shape index (κ1) is 12.4. The zero-order valence-corrected chi connectivity index (χ0v) is 10.1. The van der Waals surface area contributed by atoms with E-state index in [1.165, 1.54) is 0 Å². The summed E-state index contributed by atoms with van der Waals surface area (Å²) < 4.78 is 9.92. The Labute approximate surface area is 105 Å². The number of ether oxygens (including phenoxy) is 2. The Morgan fingerprint density at radius 3 is 2.72 bits per heavy atom. The van der Waals surface area contributed by atoms with Crippen molar-refractivity contribution in [2.75, 3.05) is 7.11 Å². The molecule has 1 aliphatic rings. The minimum absolute atomic E-state index is 0.239. The van der Waals surface area contributed by atoms with E-state index in [2.05, 4.69) is 5.32 Å². The molecule has 1 heterocycles. The van der Waals surface area contributed by atoms with Crippen LogP contribution in [0.4, 0.5) is 0 Å². The summed E-state index contributed by atoms with van der Waals surface area (Å²) >= 11 is 0. The molecule has 1 fully saturated rings. The highest BCUT2D eigenvalue weighted by atomic mass is 16.6. The van der Waals surface area contributed by atoms with E-state index in [0.717, 1.165) is 11.3 Å². The molecule has 1 atom stereocenters. The van der Waals surface area contributed by atoms with Crippen LogP contribution < -0.4 is 10.1 Å². The molecule has 0 aromatic heterocycles. The summed E-state index contributed by atoms with van der Waals surface area (Å²) in [6.45, 7) is 0.414. The predicted molar refractivity (Wildman–Crippen MR) is 64.0 cm³/mol. The van der Waals surface area contributed by atoms with Gasteiger partial charge in [0.1, 0.15) is 5.75 Å². The van der Waals surface area contributed by atoms with Crippen LogP contribution in [-0.2, 0) is 20.9 Å². The first-order valence-electron chi connectivity index (χ1n) is 5.79. The second-order valence-electron chi connectivity index (χ2n) is 4.08. The van der Waals surface area contributed by atoms with Gasteiger partial charge in [-0.05, 0) is 17.7 Å². The first-order chi connectivity index (χ1) is 8.69. The van der Waals surface area contributed by atoms with E-state index >= 15 is 0 Å². The summed E-state index contributed by atoms with van der Waals surface area (Å²) in [5, 5.41) is 2.74. The lowest BCUT2D eigenvalue weighted by Crippen LogP contribution is -2.33. The molecular formula is C13H15NO4. The van der Waals surface area contributed by atoms with Crippen LogP contribution in [0.15, 0.2) is 24.3 Å². The molecule has 5 nitrogen and oxygen atoms in total. The molecule has 1 aromatic carbocycles. The molecule has 96 valence electrons. The number of hydrogen-bond donors (Lipinski definition) is 1. The van der Waals surface area contributed by atoms with Gasteiger partial charge in [0.2, 0.25) is 0 Å². The van der Waals surface area contributed by atoms with Gasteiger partial charge >= 0.3 is 5.97 Å². The number of esters is 1. The third kappa shape index (κ3) is 3.00. The van der Waals surface area contributed by atoms with E-state index in [1.54, 1.807) is 7.11 Å². The van der Waals surface area contributed by atoms with Crippen molar-refractivity contribution in [2.24, 2.45) is 0 Å². The summed E-state index contributed by atoms with van der Waals surface area (Å²) in [4.78, 5) is 22.6. The number of carbonyl (C=O) groups is 2. The van der Waals surface area contributed by atoms with Crippen molar-refractivity contribution in [3.63, 3.8) is 0 Å². The van der Waals surface area contributed by atoms with E-state index in [1.807, 2.05) is 24.3 Å². The lowest BCUT2D eigenvalue weighted by Gasteiger charge is -2.10. The van der Waals surface area contributed by atoms with Crippen LogP contribution in [0, 0.1) is 0 Å². The van der Waals surface area contributed by atoms with Crippen LogP contribution in [0.3, 0.4) is 0 Å². The largest absolute Gasteiger partial charge is 0.497 e. The summed E-state index contributed by atoms with van der Waals surface area (Å²) in [7, 11) is 1.60. The van der Waals surface area contributed by atoms with Gasteiger partial charge in [-0.3, -0.25) is 9.59 Å². The molecule has 1 amide bonds. The van der Waals surface area contributed by atoms with Gasteiger partial charge in [0.05, 0.1) is 7.11 Å². The Balaban J connectivity index is 1.83. The van der Waals surface area contributed by atoms with Gasteiger partial charge in [-0.15, -0.1) is 0 Å². The van der Waals surface area contributed by atoms with Gasteiger partial charge in [-0.1, -0.05) is 12.1 Å². The number of cyclic esters (lactones) is 1. The molecule has 0 bridgehead atoms. The van der Waals surface area contributed by atoms with E-state index in [4.69, 9.17) is 9.47 Å². The Morgan fingerprint density at radius 2 is 2.17 bits per heavy atom. The van der Waals surface area contributed by atoms with Gasteiger partial charge in [0.15, 0.2) is 6.10 Å². The molecule has 5 heteroatoms. The predicted octanol–water partition coefficient (Wildman–Crippen LogP) is 1.02. The number of carbonyl (C=O) groups excluding carboxylic acids is 2. The highest BCUT2D eigenvalue weighted by Crippen LogP contribution is 2.14. The lowest BCUT2D eigenvalue weighted by atomic mass is 10.2. The topological polar surface area (TPSA) is 64.6 Å². The highest BCUT2D eigenvalue weighted by Gasteiger charge is 2.29. The van der Waals surface area contributed by atoms with Crippen LogP contribution in [-0.4, -0.2) is 25.1 Å². The normalized spacial score (nSPS) is 18.3. The molecule has 1 aliphatic heterocycles. The van der Waals surface area contributed by atoms with E-state index < -0.39 is 6.10 Å². The van der Waals surface area contributed by atoms with Crippen molar-refractivity contribution in [3.8, 4) is 5.75 Å². The Hall–Kier alpha value is -2.04. The number of benzene rings is 1. The van der Waals surface area contributed by atoms with Crippen molar-refractivity contribution >= 4 is 11.9 Å². The summed E-state index contributed by atoms with van der Waals surface area (Å²) in [5.74, 6) is 0.228. The molecule has 0 aliphatic carbocycles. The zero-order valence-electron chi connectivity index (χ0n) is 10.1. The molecule has 18 heavy (non-hydrogen) atoms. The maximum absolute atomic E-state index is 11.7. The van der Waals surface area contributed by atoms with Crippen LogP contribution in [0.1, 0.15) is 18.4 Å². The number of hydrogen-bond acceptors (Lipinski definition) is 4. The molecule has 0 unspecified atom stereocenters. The van der Waals surface area contributed by atoms with Gasteiger partial charge in [0, 0.05) is 19.4 Å². The van der Waals surface area contributed by atoms with Crippen molar-refractivity contribution < 1.29 is 19.1 Å². The fourth-order valence-corrected chi connectivity index (χ4v) is 1.76. The van der Waals surface area contributed by atoms with E-state index in [9.17, 15) is 9.59 Å². The maximum Gasteiger partial charge on any atom is 0.306 e. The number of nitrogens with one attached hydrogen (secondary N) is 1. The number of rotatable bonds is 4. The number of amides is 1. The Morgan fingerprint density at radius 1 is 1.44 bits per heavy atom. The molecular weight excluding hydrogens is 234 g/mol. The summed E-state index contributed by atoms with van der Waals surface area (Å²) in [6.07, 6.45) is 0.157. The van der Waals surface area contributed by atoms with Crippen molar-refractivity contribution in [1.29, 1.82) is 0 Å². The van der Waals surface area contributed by atoms with Crippen LogP contribution in [0.2, 0.25) is 0 Å². The lowest BCUT2D eigenvalue weighted by molar-refractivity contribution is -0.148. The SMILES string of the molecule is COc1ccc(CNC(=O)[C@H]2CCC(=O)O2)cc1. The Bertz CT molecular complexity index is 441. The fourth-order valence-electron chi connectivity index (χ4n) is 1.76. The van der Waals surface area contributed by atoms with Crippen LogP contribution in [0.25, 0.3) is 0 Å². The summed E-state index contributed by atoms with van der Waals surface area (Å²) in [5.41, 5.74) is 0.966. The first-order valence-corrected chi connectivity index (χ1v) is 5.79. The minimum atomic E-state index is -0.629. The molecule has 2 rings (SSSR count). The smallest absolute Gasteiger partial charge is 0.306 e. The standard InChI is InChI=1S/C13H15NO4/c1-17-10-4-2-9(3-5-10)8-14-13(16)11-6-7-12(15)18-11/h2-5,11H,6-8H2,1H3,(H,14,16)/t11-/m1/s1. The fraction of sp³-hybridized carbons (Fsp3) is 0.385. The van der Waals surface area contributed by atoms with Gasteiger partial charge < -0.3 is 14.8 Å². The molecule has 1 aromatic rings. The molecule has 0 spiro atoms. The third-order valence-electron chi connectivity index (χ3n) is 2.80. The zero-order chi connectivity index (χ0) is 13.0. The van der Waals surface area contributed by atoms with Gasteiger partial charge in [-0.25, -0.2) is 0 Å². The monoisotopic (exact) mass is 249 g/mol. The average Bonchev–Trinajstić information content (AvgIpc) is 2.83. The molecule has 0 radical (unpaired) electrons. The van der Waals surface area contributed by atoms with Crippen molar-refractivity contribution in [1.82, 2.24) is 5.32 Å². The van der Waals surface area contributed by atoms with E-state index in [-0.39, 0.29) is 11.9 Å². The molecule has 1 N–H and O–H groups in total. The average molecular weight is 249 g/mol. The minimum Gasteiger partial charge on any atom is -0.497 e. The van der Waals surface area contributed by atoms with Crippen LogP contribution >= 0.6 is 0 Å². The second kappa shape index (κ2) is 5.53. The number of methoxy groups -OCH3 is 1. The molecule has 1 saturated heterocycles. The Kier molecular flexibility index (Phi) is 3.82.